The molecule has 1 aromatic carbocycles. The number of aromatic nitrogens is 2. The first-order valence-electron chi connectivity index (χ1n) is 5.96. The van der Waals surface area contributed by atoms with Crippen LogP contribution in [0.25, 0.3) is 5.65 Å². The van der Waals surface area contributed by atoms with Gasteiger partial charge >= 0.3 is 0 Å². The van der Waals surface area contributed by atoms with E-state index in [0.717, 1.165) is 11.3 Å². The van der Waals surface area contributed by atoms with Crippen LogP contribution in [0.4, 0.5) is 0 Å². The van der Waals surface area contributed by atoms with E-state index in [2.05, 4.69) is 23.2 Å². The van der Waals surface area contributed by atoms with Gasteiger partial charge in [0.25, 0.3) is 0 Å². The minimum absolute atomic E-state index is 0.586. The number of hydrogen-bond acceptors (Lipinski definition) is 2. The van der Waals surface area contributed by atoms with Gasteiger partial charge in [-0.05, 0) is 17.7 Å². The Morgan fingerprint density at radius 3 is 2.72 bits per heavy atom. The molecule has 0 amide bonds. The van der Waals surface area contributed by atoms with Crippen molar-refractivity contribution in [2.24, 2.45) is 0 Å². The topological polar surface area (TPSA) is 26.5 Å². The standard InChI is InChI=1S/C15H14N2O/c1-2-5-13(6-3-1)11-18-12-14-7-4-8-15-16-9-10-17(14)15/h1-10H,11-12H2. The fourth-order valence-corrected chi connectivity index (χ4v) is 1.97. The Hall–Kier alpha value is -2.13. The third-order valence-corrected chi connectivity index (χ3v) is 2.87. The number of benzene rings is 1. The van der Waals surface area contributed by atoms with Crippen LogP contribution in [0.2, 0.25) is 0 Å². The maximum Gasteiger partial charge on any atom is 0.136 e. The fraction of sp³-hybridized carbons (Fsp3) is 0.133. The molecule has 0 aliphatic carbocycles. The van der Waals surface area contributed by atoms with Crippen LogP contribution in [0, 0.1) is 0 Å². The minimum atomic E-state index is 0.586. The summed E-state index contributed by atoms with van der Waals surface area (Å²) in [6.45, 7) is 1.22. The maximum absolute atomic E-state index is 5.73. The van der Waals surface area contributed by atoms with Crippen LogP contribution in [-0.2, 0) is 18.0 Å². The lowest BCUT2D eigenvalue weighted by atomic mass is 10.2. The number of rotatable bonds is 4. The van der Waals surface area contributed by atoms with Crippen LogP contribution in [-0.4, -0.2) is 9.38 Å². The lowest BCUT2D eigenvalue weighted by molar-refractivity contribution is 0.104. The summed E-state index contributed by atoms with van der Waals surface area (Å²) in [7, 11) is 0. The number of pyridine rings is 1. The molecule has 0 N–H and O–H groups in total. The Balaban J connectivity index is 1.68. The monoisotopic (exact) mass is 238 g/mol. The zero-order valence-electron chi connectivity index (χ0n) is 9.99. The highest BCUT2D eigenvalue weighted by molar-refractivity contribution is 5.39. The molecule has 0 aliphatic heterocycles. The van der Waals surface area contributed by atoms with Crippen molar-refractivity contribution in [3.8, 4) is 0 Å². The van der Waals surface area contributed by atoms with Crippen molar-refractivity contribution in [2.75, 3.05) is 0 Å². The molecule has 0 spiro atoms. The third kappa shape index (κ3) is 2.26. The Bertz CT molecular complexity index is 631. The number of hydrogen-bond donors (Lipinski definition) is 0. The highest BCUT2D eigenvalue weighted by atomic mass is 16.5. The second kappa shape index (κ2) is 5.02. The van der Waals surface area contributed by atoms with Crippen molar-refractivity contribution >= 4 is 5.65 Å². The van der Waals surface area contributed by atoms with Gasteiger partial charge < -0.3 is 9.14 Å². The van der Waals surface area contributed by atoms with E-state index in [1.807, 2.05) is 40.9 Å². The van der Waals surface area contributed by atoms with Crippen molar-refractivity contribution in [1.29, 1.82) is 0 Å². The second-order valence-electron chi connectivity index (χ2n) is 4.15. The Kier molecular flexibility index (Phi) is 3.07. The summed E-state index contributed by atoms with van der Waals surface area (Å²) in [5.41, 5.74) is 3.26. The average Bonchev–Trinajstić information content (AvgIpc) is 2.89. The predicted octanol–water partition coefficient (Wildman–Crippen LogP) is 3.05. The summed E-state index contributed by atoms with van der Waals surface area (Å²) < 4.78 is 7.78. The van der Waals surface area contributed by atoms with Crippen molar-refractivity contribution in [3.63, 3.8) is 0 Å². The summed E-state index contributed by atoms with van der Waals surface area (Å²) in [4.78, 5) is 4.25. The van der Waals surface area contributed by atoms with Gasteiger partial charge in [-0.25, -0.2) is 4.98 Å². The molecule has 0 aliphatic rings. The Morgan fingerprint density at radius 1 is 0.944 bits per heavy atom. The van der Waals surface area contributed by atoms with Crippen LogP contribution >= 0.6 is 0 Å². The maximum atomic E-state index is 5.73. The number of fused-ring (bicyclic) bond motifs is 1. The molecule has 18 heavy (non-hydrogen) atoms. The van der Waals surface area contributed by atoms with E-state index in [0.29, 0.717) is 13.2 Å². The van der Waals surface area contributed by atoms with Crippen molar-refractivity contribution < 1.29 is 4.74 Å². The van der Waals surface area contributed by atoms with Crippen LogP contribution in [0.3, 0.4) is 0 Å². The Labute approximate surface area is 106 Å². The zero-order chi connectivity index (χ0) is 12.2. The molecular formula is C15H14N2O. The zero-order valence-corrected chi connectivity index (χ0v) is 9.99. The van der Waals surface area contributed by atoms with Gasteiger partial charge in [-0.1, -0.05) is 36.4 Å². The highest BCUT2D eigenvalue weighted by Gasteiger charge is 2.00. The summed E-state index contributed by atoms with van der Waals surface area (Å²) in [5, 5.41) is 0. The van der Waals surface area contributed by atoms with Gasteiger partial charge in [0, 0.05) is 18.1 Å². The largest absolute Gasteiger partial charge is 0.371 e. The van der Waals surface area contributed by atoms with Crippen molar-refractivity contribution in [1.82, 2.24) is 9.38 Å². The number of imidazole rings is 1. The molecule has 2 aromatic heterocycles. The minimum Gasteiger partial charge on any atom is -0.371 e. The van der Waals surface area contributed by atoms with Crippen molar-refractivity contribution in [3.05, 3.63) is 72.2 Å². The van der Waals surface area contributed by atoms with Gasteiger partial charge in [-0.2, -0.15) is 0 Å². The first kappa shape index (κ1) is 11.0. The van der Waals surface area contributed by atoms with Crippen LogP contribution in [0.15, 0.2) is 60.9 Å². The molecule has 3 heteroatoms. The molecule has 90 valence electrons. The van der Waals surface area contributed by atoms with E-state index < -0.39 is 0 Å². The van der Waals surface area contributed by atoms with Crippen LogP contribution < -0.4 is 0 Å². The molecule has 0 saturated carbocycles. The lowest BCUT2D eigenvalue weighted by Gasteiger charge is -2.07. The van der Waals surface area contributed by atoms with E-state index in [1.165, 1.54) is 5.56 Å². The van der Waals surface area contributed by atoms with E-state index in [9.17, 15) is 0 Å². The smallest absolute Gasteiger partial charge is 0.136 e. The van der Waals surface area contributed by atoms with E-state index in [4.69, 9.17) is 4.74 Å². The van der Waals surface area contributed by atoms with Crippen LogP contribution in [0.1, 0.15) is 11.3 Å². The summed E-state index contributed by atoms with van der Waals surface area (Å²) in [5.74, 6) is 0. The summed E-state index contributed by atoms with van der Waals surface area (Å²) in [6, 6.07) is 16.2. The highest BCUT2D eigenvalue weighted by Crippen LogP contribution is 2.09. The van der Waals surface area contributed by atoms with Gasteiger partial charge in [-0.15, -0.1) is 0 Å². The molecule has 0 fully saturated rings. The molecular weight excluding hydrogens is 224 g/mol. The van der Waals surface area contributed by atoms with Gasteiger partial charge in [0.05, 0.1) is 13.2 Å². The normalized spacial score (nSPS) is 10.9. The second-order valence-corrected chi connectivity index (χ2v) is 4.15. The van der Waals surface area contributed by atoms with Crippen molar-refractivity contribution in [2.45, 2.75) is 13.2 Å². The first-order valence-corrected chi connectivity index (χ1v) is 5.96. The predicted molar refractivity (Wildman–Crippen MR) is 70.1 cm³/mol. The quantitative estimate of drug-likeness (QED) is 0.698. The molecule has 0 atom stereocenters. The Morgan fingerprint density at radius 2 is 1.83 bits per heavy atom. The summed E-state index contributed by atoms with van der Waals surface area (Å²) >= 11 is 0. The summed E-state index contributed by atoms with van der Waals surface area (Å²) in [6.07, 6.45) is 3.76. The molecule has 2 heterocycles. The SMILES string of the molecule is c1ccc(COCc2cccc3nccn23)cc1. The molecule has 0 unspecified atom stereocenters. The van der Waals surface area contributed by atoms with Gasteiger partial charge in [-0.3, -0.25) is 0 Å². The van der Waals surface area contributed by atoms with Crippen LogP contribution in [0.5, 0.6) is 0 Å². The van der Waals surface area contributed by atoms with Gasteiger partial charge in [0.1, 0.15) is 5.65 Å². The fourth-order valence-electron chi connectivity index (χ4n) is 1.97. The average molecular weight is 238 g/mol. The molecule has 3 rings (SSSR count). The third-order valence-electron chi connectivity index (χ3n) is 2.87. The lowest BCUT2D eigenvalue weighted by Crippen LogP contribution is -1.99. The molecule has 0 saturated heterocycles. The van der Waals surface area contributed by atoms with E-state index in [1.54, 1.807) is 6.20 Å². The molecule has 3 aromatic rings. The molecule has 0 bridgehead atoms. The number of ether oxygens (including phenoxy) is 1. The molecule has 3 nitrogen and oxygen atoms in total. The number of nitrogens with zero attached hydrogens (tertiary/aromatic N) is 2. The van der Waals surface area contributed by atoms with E-state index >= 15 is 0 Å². The molecule has 0 radical (unpaired) electrons. The van der Waals surface area contributed by atoms with Gasteiger partial charge in [0.15, 0.2) is 0 Å². The van der Waals surface area contributed by atoms with E-state index in [-0.39, 0.29) is 0 Å². The van der Waals surface area contributed by atoms with Gasteiger partial charge in [0.2, 0.25) is 0 Å². The first-order chi connectivity index (χ1) is 8.93.